The zero-order chi connectivity index (χ0) is 12.1. The Bertz CT molecular complexity index is 417. The minimum Gasteiger partial charge on any atom is -0.311 e. The number of nitrogens with one attached hydrogen (secondary N) is 1. The van der Waals surface area contributed by atoms with Crippen LogP contribution < -0.4 is 5.32 Å². The first-order chi connectivity index (χ1) is 8.33. The van der Waals surface area contributed by atoms with Gasteiger partial charge in [-0.1, -0.05) is 25.1 Å². The standard InChI is InChI=1S/C15H20N2/c1-2-12(9-16)10-17-11-13-6-7-14-4-3-5-15(14)8-13/h6-8,12,17H,2-5,10-11H2,1H3. The van der Waals surface area contributed by atoms with Crippen LogP contribution in [0, 0.1) is 17.2 Å². The second-order valence-electron chi connectivity index (χ2n) is 4.82. The van der Waals surface area contributed by atoms with Crippen molar-refractivity contribution in [3.05, 3.63) is 34.9 Å². The largest absolute Gasteiger partial charge is 0.311 e. The molecule has 0 radical (unpaired) electrons. The third-order valence-corrected chi connectivity index (χ3v) is 3.56. The number of nitriles is 1. The summed E-state index contributed by atoms with van der Waals surface area (Å²) in [6, 6.07) is 9.12. The van der Waals surface area contributed by atoms with Gasteiger partial charge in [-0.25, -0.2) is 0 Å². The van der Waals surface area contributed by atoms with Gasteiger partial charge in [0, 0.05) is 13.1 Å². The van der Waals surface area contributed by atoms with Crippen LogP contribution in [-0.4, -0.2) is 6.54 Å². The molecule has 1 atom stereocenters. The van der Waals surface area contributed by atoms with Gasteiger partial charge in [0.15, 0.2) is 0 Å². The number of nitrogens with zero attached hydrogens (tertiary/aromatic N) is 1. The summed E-state index contributed by atoms with van der Waals surface area (Å²) in [5, 5.41) is 12.2. The monoisotopic (exact) mass is 228 g/mol. The fraction of sp³-hybridized carbons (Fsp3) is 0.533. The smallest absolute Gasteiger partial charge is 0.0669 e. The Morgan fingerprint density at radius 3 is 2.94 bits per heavy atom. The molecule has 0 saturated carbocycles. The summed E-state index contributed by atoms with van der Waals surface area (Å²) in [7, 11) is 0. The Hall–Kier alpha value is -1.33. The third-order valence-electron chi connectivity index (χ3n) is 3.56. The van der Waals surface area contributed by atoms with E-state index in [4.69, 9.17) is 5.26 Å². The summed E-state index contributed by atoms with van der Waals surface area (Å²) in [5.41, 5.74) is 4.40. The van der Waals surface area contributed by atoms with Gasteiger partial charge >= 0.3 is 0 Å². The van der Waals surface area contributed by atoms with Crippen molar-refractivity contribution in [1.82, 2.24) is 5.32 Å². The molecule has 1 aromatic rings. The highest BCUT2D eigenvalue weighted by Gasteiger charge is 2.10. The molecule has 2 rings (SSSR count). The highest BCUT2D eigenvalue weighted by molar-refractivity contribution is 5.35. The van der Waals surface area contributed by atoms with Crippen molar-refractivity contribution < 1.29 is 0 Å². The first kappa shape index (κ1) is 12.1. The molecule has 1 N–H and O–H groups in total. The summed E-state index contributed by atoms with van der Waals surface area (Å²) < 4.78 is 0. The number of hydrogen-bond donors (Lipinski definition) is 1. The molecule has 0 spiro atoms. The lowest BCUT2D eigenvalue weighted by molar-refractivity contribution is 0.553. The van der Waals surface area contributed by atoms with Gasteiger partial charge in [-0.15, -0.1) is 0 Å². The highest BCUT2D eigenvalue weighted by Crippen LogP contribution is 2.22. The fourth-order valence-electron chi connectivity index (χ4n) is 2.41. The molecule has 2 nitrogen and oxygen atoms in total. The molecular weight excluding hydrogens is 208 g/mol. The van der Waals surface area contributed by atoms with E-state index in [1.807, 2.05) is 0 Å². The molecular formula is C15H20N2. The van der Waals surface area contributed by atoms with Gasteiger partial charge in [0.25, 0.3) is 0 Å². The van der Waals surface area contributed by atoms with Crippen molar-refractivity contribution in [3.63, 3.8) is 0 Å². The lowest BCUT2D eigenvalue weighted by Crippen LogP contribution is -2.21. The van der Waals surface area contributed by atoms with Crippen LogP contribution in [0.25, 0.3) is 0 Å². The summed E-state index contributed by atoms with van der Waals surface area (Å²) in [6.07, 6.45) is 4.71. The van der Waals surface area contributed by atoms with E-state index < -0.39 is 0 Å². The molecule has 0 heterocycles. The normalized spacial score (nSPS) is 15.3. The number of aryl methyl sites for hydroxylation is 2. The minimum atomic E-state index is 0.143. The molecule has 1 aliphatic rings. The maximum atomic E-state index is 8.86. The van der Waals surface area contributed by atoms with E-state index in [0.717, 1.165) is 19.5 Å². The molecule has 0 saturated heterocycles. The Balaban J connectivity index is 1.86. The van der Waals surface area contributed by atoms with E-state index in [0.29, 0.717) is 0 Å². The van der Waals surface area contributed by atoms with Crippen molar-refractivity contribution in [2.45, 2.75) is 39.2 Å². The minimum absolute atomic E-state index is 0.143. The van der Waals surface area contributed by atoms with Crippen LogP contribution >= 0.6 is 0 Å². The maximum Gasteiger partial charge on any atom is 0.0669 e. The molecule has 0 amide bonds. The van der Waals surface area contributed by atoms with Crippen LogP contribution in [0.2, 0.25) is 0 Å². The highest BCUT2D eigenvalue weighted by atomic mass is 14.9. The van der Waals surface area contributed by atoms with E-state index in [-0.39, 0.29) is 5.92 Å². The fourth-order valence-corrected chi connectivity index (χ4v) is 2.41. The van der Waals surface area contributed by atoms with Crippen LogP contribution in [0.3, 0.4) is 0 Å². The van der Waals surface area contributed by atoms with Crippen LogP contribution in [0.5, 0.6) is 0 Å². The average molecular weight is 228 g/mol. The van der Waals surface area contributed by atoms with Crippen molar-refractivity contribution in [3.8, 4) is 6.07 Å². The number of fused-ring (bicyclic) bond motifs is 1. The summed E-state index contributed by atoms with van der Waals surface area (Å²) in [6.45, 7) is 3.74. The molecule has 2 heteroatoms. The van der Waals surface area contributed by atoms with Gasteiger partial charge in [-0.05, 0) is 42.4 Å². The summed E-state index contributed by atoms with van der Waals surface area (Å²) in [5.74, 6) is 0.143. The van der Waals surface area contributed by atoms with E-state index in [1.165, 1.54) is 36.0 Å². The molecule has 0 aliphatic heterocycles. The van der Waals surface area contributed by atoms with E-state index in [9.17, 15) is 0 Å². The molecule has 0 bridgehead atoms. The zero-order valence-electron chi connectivity index (χ0n) is 10.5. The second kappa shape index (κ2) is 5.84. The zero-order valence-corrected chi connectivity index (χ0v) is 10.5. The molecule has 0 fully saturated rings. The van der Waals surface area contributed by atoms with Crippen LogP contribution in [0.1, 0.15) is 36.5 Å². The summed E-state index contributed by atoms with van der Waals surface area (Å²) in [4.78, 5) is 0. The molecule has 1 unspecified atom stereocenters. The average Bonchev–Trinajstić information content (AvgIpc) is 2.82. The van der Waals surface area contributed by atoms with Crippen LogP contribution in [0.15, 0.2) is 18.2 Å². The predicted octanol–water partition coefficient (Wildman–Crippen LogP) is 2.81. The van der Waals surface area contributed by atoms with Gasteiger partial charge < -0.3 is 5.32 Å². The third kappa shape index (κ3) is 3.08. The van der Waals surface area contributed by atoms with Gasteiger partial charge in [0.1, 0.15) is 0 Å². The van der Waals surface area contributed by atoms with Gasteiger partial charge in [-0.3, -0.25) is 0 Å². The quantitative estimate of drug-likeness (QED) is 0.841. The van der Waals surface area contributed by atoms with E-state index >= 15 is 0 Å². The summed E-state index contributed by atoms with van der Waals surface area (Å²) >= 11 is 0. The topological polar surface area (TPSA) is 35.8 Å². The van der Waals surface area contributed by atoms with E-state index in [1.54, 1.807) is 0 Å². The first-order valence-electron chi connectivity index (χ1n) is 6.54. The molecule has 1 aliphatic carbocycles. The lowest BCUT2D eigenvalue weighted by atomic mass is 10.1. The Labute approximate surface area is 104 Å². The maximum absolute atomic E-state index is 8.86. The van der Waals surface area contributed by atoms with Crippen LogP contribution in [0.4, 0.5) is 0 Å². The van der Waals surface area contributed by atoms with Crippen LogP contribution in [-0.2, 0) is 19.4 Å². The SMILES string of the molecule is CCC(C#N)CNCc1ccc2c(c1)CCC2. The van der Waals surface area contributed by atoms with Crippen molar-refractivity contribution in [2.24, 2.45) is 5.92 Å². The molecule has 1 aromatic carbocycles. The van der Waals surface area contributed by atoms with E-state index in [2.05, 4.69) is 36.5 Å². The Morgan fingerprint density at radius 2 is 2.18 bits per heavy atom. The van der Waals surface area contributed by atoms with Gasteiger partial charge in [0.05, 0.1) is 12.0 Å². The van der Waals surface area contributed by atoms with Crippen molar-refractivity contribution in [2.75, 3.05) is 6.54 Å². The second-order valence-corrected chi connectivity index (χ2v) is 4.82. The van der Waals surface area contributed by atoms with Gasteiger partial charge in [-0.2, -0.15) is 5.26 Å². The molecule has 17 heavy (non-hydrogen) atoms. The molecule has 0 aromatic heterocycles. The van der Waals surface area contributed by atoms with Crippen molar-refractivity contribution >= 4 is 0 Å². The Kier molecular flexibility index (Phi) is 4.17. The number of rotatable bonds is 5. The Morgan fingerprint density at radius 1 is 1.35 bits per heavy atom. The van der Waals surface area contributed by atoms with Crippen molar-refractivity contribution in [1.29, 1.82) is 5.26 Å². The molecule has 90 valence electrons. The van der Waals surface area contributed by atoms with Gasteiger partial charge in [0.2, 0.25) is 0 Å². The lowest BCUT2D eigenvalue weighted by Gasteiger charge is -2.09. The first-order valence-corrected chi connectivity index (χ1v) is 6.54. The number of hydrogen-bond acceptors (Lipinski definition) is 2. The predicted molar refractivity (Wildman–Crippen MR) is 69.6 cm³/mol. The number of benzene rings is 1.